The number of aromatic carboxylic acids is 1. The minimum atomic E-state index is -4.87. The average Bonchev–Trinajstić information content (AvgIpc) is 3.20. The van der Waals surface area contributed by atoms with E-state index in [1.807, 2.05) is 13.8 Å². The molecular formula is C31H35F3N2O4. The summed E-state index contributed by atoms with van der Waals surface area (Å²) in [7, 11) is 0. The summed E-state index contributed by atoms with van der Waals surface area (Å²) in [4.78, 5) is 38.4. The molecule has 1 N–H and O–H groups in total. The molecule has 1 fully saturated rings. The molecule has 1 heterocycles. The van der Waals surface area contributed by atoms with E-state index < -0.39 is 29.4 Å². The highest BCUT2D eigenvalue weighted by molar-refractivity contribution is 5.96. The van der Waals surface area contributed by atoms with Crippen LogP contribution < -0.4 is 5.69 Å². The van der Waals surface area contributed by atoms with Crippen LogP contribution in [0.5, 0.6) is 0 Å². The van der Waals surface area contributed by atoms with Gasteiger partial charge in [0.1, 0.15) is 0 Å². The molecule has 40 heavy (non-hydrogen) atoms. The normalized spacial score (nSPS) is 14.6. The van der Waals surface area contributed by atoms with Crippen LogP contribution in [0.4, 0.5) is 13.2 Å². The topological polar surface area (TPSA) is 81.3 Å². The van der Waals surface area contributed by atoms with E-state index in [1.54, 1.807) is 42.5 Å². The Morgan fingerprint density at radius 1 is 1.00 bits per heavy atom. The van der Waals surface area contributed by atoms with Crippen molar-refractivity contribution < 1.29 is 27.9 Å². The molecule has 0 spiro atoms. The van der Waals surface area contributed by atoms with Gasteiger partial charge in [0.05, 0.1) is 17.8 Å². The zero-order valence-corrected chi connectivity index (χ0v) is 22.8. The van der Waals surface area contributed by atoms with Crippen LogP contribution in [0.1, 0.15) is 90.9 Å². The van der Waals surface area contributed by atoms with Crippen molar-refractivity contribution in [1.82, 2.24) is 9.13 Å². The number of hydrogen-bond acceptors (Lipinski definition) is 3. The molecule has 0 radical (unpaired) electrons. The first-order valence-corrected chi connectivity index (χ1v) is 13.8. The van der Waals surface area contributed by atoms with Gasteiger partial charge in [-0.3, -0.25) is 9.36 Å². The number of alkyl halides is 3. The lowest BCUT2D eigenvalue weighted by Gasteiger charge is -2.21. The number of nitrogens with zero attached hydrogens (tertiary/aromatic N) is 2. The van der Waals surface area contributed by atoms with Crippen molar-refractivity contribution in [3.05, 3.63) is 81.5 Å². The maximum absolute atomic E-state index is 14.5. The Morgan fingerprint density at radius 3 is 2.25 bits per heavy atom. The number of carboxylic acids is 1. The third kappa shape index (κ3) is 6.57. The van der Waals surface area contributed by atoms with Gasteiger partial charge in [0.2, 0.25) is 5.91 Å². The Hall–Kier alpha value is -3.62. The molecule has 9 heteroatoms. The molecule has 1 aliphatic carbocycles. The van der Waals surface area contributed by atoms with E-state index in [0.29, 0.717) is 27.7 Å². The number of aromatic nitrogens is 2. The van der Waals surface area contributed by atoms with Gasteiger partial charge in [-0.25, -0.2) is 14.2 Å². The highest BCUT2D eigenvalue weighted by atomic mass is 19.4. The summed E-state index contributed by atoms with van der Waals surface area (Å²) in [6, 6.07) is 13.2. The number of imidazole rings is 1. The van der Waals surface area contributed by atoms with Gasteiger partial charge in [-0.2, -0.15) is 13.2 Å². The summed E-state index contributed by atoms with van der Waals surface area (Å²) in [6.45, 7) is 3.66. The summed E-state index contributed by atoms with van der Waals surface area (Å²) in [5.41, 5.74) is -0.469. The maximum Gasteiger partial charge on any atom is 0.433 e. The minimum Gasteiger partial charge on any atom is -0.478 e. The Morgan fingerprint density at radius 2 is 1.65 bits per heavy atom. The van der Waals surface area contributed by atoms with Gasteiger partial charge in [-0.15, -0.1) is 0 Å². The van der Waals surface area contributed by atoms with Crippen LogP contribution in [-0.2, 0) is 19.1 Å². The zero-order chi connectivity index (χ0) is 29.0. The molecule has 2 aromatic carbocycles. The van der Waals surface area contributed by atoms with Crippen molar-refractivity contribution in [2.75, 3.05) is 0 Å². The minimum absolute atomic E-state index is 0.00945. The molecule has 0 bridgehead atoms. The van der Waals surface area contributed by atoms with Crippen LogP contribution in [0.3, 0.4) is 0 Å². The molecule has 0 aliphatic heterocycles. The van der Waals surface area contributed by atoms with Gasteiger partial charge >= 0.3 is 17.8 Å². The second-order valence-corrected chi connectivity index (χ2v) is 11.1. The first-order chi connectivity index (χ1) is 19.0. The third-order valence-corrected chi connectivity index (χ3v) is 7.67. The Labute approximate surface area is 231 Å². The fourth-order valence-corrected chi connectivity index (χ4v) is 5.58. The average molecular weight is 557 g/mol. The standard InChI is InChI=1S/C31H35F3N2O4/c1-20(2)12-17-26-28(31(32,33)34)36(27(37)18-21-8-4-3-5-9-21)30(40)35(26)19-22-13-15-23(16-14-22)24-10-6-7-11-25(24)29(38)39/h6-7,10-11,13-16,20-21H,3-5,8-9,12,17-19H2,1-2H3,(H,38,39). The van der Waals surface area contributed by atoms with Gasteiger partial charge < -0.3 is 5.11 Å². The van der Waals surface area contributed by atoms with Crippen LogP contribution in [0, 0.1) is 11.8 Å². The molecule has 0 amide bonds. The van der Waals surface area contributed by atoms with Crippen molar-refractivity contribution in [3.8, 4) is 11.1 Å². The molecule has 3 aromatic rings. The predicted molar refractivity (Wildman–Crippen MR) is 147 cm³/mol. The Balaban J connectivity index is 1.74. The van der Waals surface area contributed by atoms with E-state index in [-0.39, 0.29) is 42.5 Å². The number of carbonyl (C=O) groups is 2. The monoisotopic (exact) mass is 556 g/mol. The lowest BCUT2D eigenvalue weighted by atomic mass is 9.87. The number of carbonyl (C=O) groups excluding carboxylic acids is 1. The SMILES string of the molecule is CC(C)CCc1c(C(F)(F)F)n(C(=O)CC2CCCCC2)c(=O)n1Cc1ccc(-c2ccccc2C(=O)O)cc1. The van der Waals surface area contributed by atoms with E-state index in [9.17, 15) is 32.7 Å². The van der Waals surface area contributed by atoms with Crippen LogP contribution in [0.25, 0.3) is 11.1 Å². The Bertz CT molecular complexity index is 1410. The van der Waals surface area contributed by atoms with E-state index in [2.05, 4.69) is 0 Å². The first-order valence-electron chi connectivity index (χ1n) is 13.8. The molecular weight excluding hydrogens is 521 g/mol. The van der Waals surface area contributed by atoms with Crippen molar-refractivity contribution in [2.45, 2.75) is 77.9 Å². The van der Waals surface area contributed by atoms with Gasteiger partial charge in [0.15, 0.2) is 5.69 Å². The summed E-state index contributed by atoms with van der Waals surface area (Å²) in [6.07, 6.45) is -0.0321. The highest BCUT2D eigenvalue weighted by Crippen LogP contribution is 2.34. The number of halogens is 3. The highest BCUT2D eigenvalue weighted by Gasteiger charge is 2.42. The van der Waals surface area contributed by atoms with Crippen LogP contribution >= 0.6 is 0 Å². The number of carboxylic acid groups (broad SMARTS) is 1. The molecule has 0 unspecified atom stereocenters. The van der Waals surface area contributed by atoms with Crippen molar-refractivity contribution in [3.63, 3.8) is 0 Å². The molecule has 1 aliphatic rings. The molecule has 0 saturated heterocycles. The van der Waals surface area contributed by atoms with E-state index in [4.69, 9.17) is 0 Å². The summed E-state index contributed by atoms with van der Waals surface area (Å²) in [5, 5.41) is 9.51. The zero-order valence-electron chi connectivity index (χ0n) is 22.8. The van der Waals surface area contributed by atoms with E-state index in [1.165, 1.54) is 6.07 Å². The smallest absolute Gasteiger partial charge is 0.433 e. The van der Waals surface area contributed by atoms with Gasteiger partial charge in [-0.1, -0.05) is 75.6 Å². The fourth-order valence-electron chi connectivity index (χ4n) is 5.58. The lowest BCUT2D eigenvalue weighted by Crippen LogP contribution is -2.33. The lowest BCUT2D eigenvalue weighted by molar-refractivity contribution is -0.143. The fraction of sp³-hybridized carbons (Fsp3) is 0.452. The van der Waals surface area contributed by atoms with Crippen LogP contribution in [0.2, 0.25) is 0 Å². The van der Waals surface area contributed by atoms with Gasteiger partial charge in [0.25, 0.3) is 0 Å². The van der Waals surface area contributed by atoms with Gasteiger partial charge in [0, 0.05) is 6.42 Å². The molecule has 6 nitrogen and oxygen atoms in total. The molecule has 1 aromatic heterocycles. The van der Waals surface area contributed by atoms with Crippen LogP contribution in [-0.4, -0.2) is 26.1 Å². The second-order valence-electron chi connectivity index (χ2n) is 11.1. The summed E-state index contributed by atoms with van der Waals surface area (Å²) < 4.78 is 44.9. The first kappa shape index (κ1) is 29.4. The molecule has 1 saturated carbocycles. The van der Waals surface area contributed by atoms with E-state index in [0.717, 1.165) is 36.7 Å². The quantitative estimate of drug-likeness (QED) is 0.300. The summed E-state index contributed by atoms with van der Waals surface area (Å²) >= 11 is 0. The maximum atomic E-state index is 14.5. The van der Waals surface area contributed by atoms with Crippen molar-refractivity contribution >= 4 is 11.9 Å². The second kappa shape index (κ2) is 12.3. The number of benzene rings is 2. The van der Waals surface area contributed by atoms with Gasteiger partial charge in [-0.05, 0) is 60.3 Å². The Kier molecular flexibility index (Phi) is 9.01. The molecule has 0 atom stereocenters. The molecule has 214 valence electrons. The largest absolute Gasteiger partial charge is 0.478 e. The van der Waals surface area contributed by atoms with Crippen molar-refractivity contribution in [1.29, 1.82) is 0 Å². The predicted octanol–water partition coefficient (Wildman–Crippen LogP) is 7.28. The van der Waals surface area contributed by atoms with E-state index >= 15 is 0 Å². The number of hydrogen-bond donors (Lipinski definition) is 1. The number of rotatable bonds is 9. The van der Waals surface area contributed by atoms with Crippen LogP contribution in [0.15, 0.2) is 53.3 Å². The summed E-state index contributed by atoms with van der Waals surface area (Å²) in [5.74, 6) is -1.79. The third-order valence-electron chi connectivity index (χ3n) is 7.67. The van der Waals surface area contributed by atoms with Crippen molar-refractivity contribution in [2.24, 2.45) is 11.8 Å². The molecule has 4 rings (SSSR count).